The molecule has 1 aromatic heterocycles. The minimum atomic E-state index is -0.131. The van der Waals surface area contributed by atoms with Gasteiger partial charge >= 0.3 is 0 Å². The van der Waals surface area contributed by atoms with Gasteiger partial charge in [0.25, 0.3) is 11.8 Å². The van der Waals surface area contributed by atoms with Crippen molar-refractivity contribution < 1.29 is 9.59 Å². The summed E-state index contributed by atoms with van der Waals surface area (Å²) in [5.74, 6) is 0.592. The first-order valence-corrected chi connectivity index (χ1v) is 8.85. The van der Waals surface area contributed by atoms with Crippen molar-refractivity contribution in [3.05, 3.63) is 59.3 Å². The van der Waals surface area contributed by atoms with Gasteiger partial charge in [-0.1, -0.05) is 12.1 Å². The fourth-order valence-electron chi connectivity index (χ4n) is 3.06. The molecule has 2 heterocycles. The number of amides is 2. The summed E-state index contributed by atoms with van der Waals surface area (Å²) in [7, 11) is 3.45. The number of nitrogens with one attached hydrogen (secondary N) is 1. The van der Waals surface area contributed by atoms with E-state index < -0.39 is 0 Å². The summed E-state index contributed by atoms with van der Waals surface area (Å²) in [6, 6.07) is 10.9. The molecule has 1 N–H and O–H groups in total. The van der Waals surface area contributed by atoms with Gasteiger partial charge in [0.15, 0.2) is 0 Å². The summed E-state index contributed by atoms with van der Waals surface area (Å²) in [6.45, 7) is 2.29. The molecule has 26 heavy (non-hydrogen) atoms. The van der Waals surface area contributed by atoms with Crippen LogP contribution in [0.2, 0.25) is 0 Å². The van der Waals surface area contributed by atoms with Crippen LogP contribution in [0.1, 0.15) is 39.1 Å². The van der Waals surface area contributed by atoms with Crippen LogP contribution < -0.4 is 10.2 Å². The fourth-order valence-corrected chi connectivity index (χ4v) is 3.06. The highest BCUT2D eigenvalue weighted by Crippen LogP contribution is 2.21. The second kappa shape index (κ2) is 7.99. The van der Waals surface area contributed by atoms with Crippen molar-refractivity contribution in [1.29, 1.82) is 0 Å². The SMILES string of the molecule is CN(C)C(=O)c1ccc(CNC(=O)c2cccnc2N2CCCC2)cc1. The Morgan fingerprint density at radius 2 is 1.81 bits per heavy atom. The van der Waals surface area contributed by atoms with Crippen LogP contribution in [0.25, 0.3) is 0 Å². The molecule has 3 rings (SSSR count). The molecule has 1 saturated heterocycles. The summed E-state index contributed by atoms with van der Waals surface area (Å²) in [6.07, 6.45) is 4.00. The zero-order chi connectivity index (χ0) is 18.5. The first-order valence-electron chi connectivity index (χ1n) is 8.85. The highest BCUT2D eigenvalue weighted by molar-refractivity contribution is 5.99. The molecule has 1 aromatic carbocycles. The average Bonchev–Trinajstić information content (AvgIpc) is 3.20. The number of benzene rings is 1. The fraction of sp³-hybridized carbons (Fsp3) is 0.350. The first kappa shape index (κ1) is 17.9. The molecule has 0 aliphatic carbocycles. The predicted octanol–water partition coefficient (Wildman–Crippen LogP) is 2.31. The molecule has 1 fully saturated rings. The van der Waals surface area contributed by atoms with Crippen molar-refractivity contribution in [3.8, 4) is 0 Å². The van der Waals surface area contributed by atoms with E-state index in [0.29, 0.717) is 17.7 Å². The van der Waals surface area contributed by atoms with Crippen molar-refractivity contribution in [2.45, 2.75) is 19.4 Å². The van der Waals surface area contributed by atoms with Gasteiger partial charge in [-0.15, -0.1) is 0 Å². The van der Waals surface area contributed by atoms with Gasteiger partial charge < -0.3 is 15.1 Å². The molecule has 0 spiro atoms. The minimum Gasteiger partial charge on any atom is -0.356 e. The van der Waals surface area contributed by atoms with Crippen molar-refractivity contribution >= 4 is 17.6 Å². The number of carbonyl (C=O) groups is 2. The molecule has 1 aliphatic heterocycles. The molecule has 0 saturated carbocycles. The molecule has 2 aromatic rings. The van der Waals surface area contributed by atoms with Gasteiger partial charge in [-0.2, -0.15) is 0 Å². The normalized spacial score (nSPS) is 13.5. The van der Waals surface area contributed by atoms with Gasteiger partial charge in [-0.3, -0.25) is 9.59 Å². The van der Waals surface area contributed by atoms with Gasteiger partial charge in [0.05, 0.1) is 5.56 Å². The van der Waals surface area contributed by atoms with Crippen LogP contribution >= 0.6 is 0 Å². The Labute approximate surface area is 153 Å². The minimum absolute atomic E-state index is 0.0359. The van der Waals surface area contributed by atoms with E-state index in [1.807, 2.05) is 18.2 Å². The number of nitrogens with zero attached hydrogens (tertiary/aromatic N) is 3. The summed E-state index contributed by atoms with van der Waals surface area (Å²) in [4.78, 5) is 32.6. The van der Waals surface area contributed by atoms with E-state index in [0.717, 1.165) is 37.3 Å². The lowest BCUT2D eigenvalue weighted by Gasteiger charge is -2.19. The summed E-state index contributed by atoms with van der Waals surface area (Å²) >= 11 is 0. The molecule has 136 valence electrons. The van der Waals surface area contributed by atoms with Crippen molar-refractivity contribution in [2.24, 2.45) is 0 Å². The van der Waals surface area contributed by atoms with Gasteiger partial charge in [-0.25, -0.2) is 4.98 Å². The Morgan fingerprint density at radius 1 is 1.12 bits per heavy atom. The maximum absolute atomic E-state index is 12.6. The van der Waals surface area contributed by atoms with Gasteiger partial charge in [0.2, 0.25) is 0 Å². The molecule has 6 nitrogen and oxygen atoms in total. The Morgan fingerprint density at radius 3 is 2.46 bits per heavy atom. The Kier molecular flexibility index (Phi) is 5.51. The smallest absolute Gasteiger partial charge is 0.255 e. The number of rotatable bonds is 5. The average molecular weight is 352 g/mol. The lowest BCUT2D eigenvalue weighted by atomic mass is 10.1. The van der Waals surface area contributed by atoms with E-state index >= 15 is 0 Å². The van der Waals surface area contributed by atoms with Crippen LogP contribution in [0.15, 0.2) is 42.6 Å². The van der Waals surface area contributed by atoms with Crippen LogP contribution in [-0.4, -0.2) is 48.9 Å². The van der Waals surface area contributed by atoms with Gasteiger partial charge in [-0.05, 0) is 42.7 Å². The number of hydrogen-bond donors (Lipinski definition) is 1. The zero-order valence-corrected chi connectivity index (χ0v) is 15.2. The Hall–Kier alpha value is -2.89. The lowest BCUT2D eigenvalue weighted by molar-refractivity contribution is 0.0827. The van der Waals surface area contributed by atoms with E-state index in [1.165, 1.54) is 0 Å². The van der Waals surface area contributed by atoms with E-state index in [9.17, 15) is 9.59 Å². The van der Waals surface area contributed by atoms with Crippen molar-refractivity contribution in [3.63, 3.8) is 0 Å². The van der Waals surface area contributed by atoms with E-state index in [1.54, 1.807) is 43.4 Å². The molecular weight excluding hydrogens is 328 g/mol. The number of hydrogen-bond acceptors (Lipinski definition) is 4. The van der Waals surface area contributed by atoms with Crippen LogP contribution in [0, 0.1) is 0 Å². The maximum Gasteiger partial charge on any atom is 0.255 e. The second-order valence-electron chi connectivity index (χ2n) is 6.65. The van der Waals surface area contributed by atoms with E-state index in [-0.39, 0.29) is 11.8 Å². The summed E-state index contributed by atoms with van der Waals surface area (Å²) in [5, 5.41) is 2.95. The van der Waals surface area contributed by atoms with Crippen LogP contribution in [0.4, 0.5) is 5.82 Å². The quantitative estimate of drug-likeness (QED) is 0.897. The molecule has 0 radical (unpaired) electrons. The molecular formula is C20H24N4O2. The molecule has 1 aliphatic rings. The predicted molar refractivity (Wildman–Crippen MR) is 101 cm³/mol. The maximum atomic E-state index is 12.6. The third-order valence-corrected chi connectivity index (χ3v) is 4.50. The number of pyridine rings is 1. The van der Waals surface area contributed by atoms with E-state index in [4.69, 9.17) is 0 Å². The Balaban J connectivity index is 1.65. The standard InChI is InChI=1S/C20H24N4O2/c1-23(2)20(26)16-9-7-15(8-10-16)14-22-19(25)17-6-5-11-21-18(17)24-12-3-4-13-24/h5-11H,3-4,12-14H2,1-2H3,(H,22,25). The molecule has 0 atom stereocenters. The van der Waals surface area contributed by atoms with Crippen molar-refractivity contribution in [1.82, 2.24) is 15.2 Å². The number of aromatic nitrogens is 1. The topological polar surface area (TPSA) is 65.5 Å². The summed E-state index contributed by atoms with van der Waals surface area (Å²) in [5.41, 5.74) is 2.18. The lowest BCUT2D eigenvalue weighted by Crippen LogP contribution is -2.28. The second-order valence-corrected chi connectivity index (χ2v) is 6.65. The molecule has 2 amide bonds. The number of anilines is 1. The largest absolute Gasteiger partial charge is 0.356 e. The van der Waals surface area contributed by atoms with E-state index in [2.05, 4.69) is 15.2 Å². The third kappa shape index (κ3) is 4.02. The Bertz CT molecular complexity index is 781. The molecule has 0 bridgehead atoms. The van der Waals surface area contributed by atoms with Crippen LogP contribution in [0.3, 0.4) is 0 Å². The van der Waals surface area contributed by atoms with Crippen molar-refractivity contribution in [2.75, 3.05) is 32.1 Å². The highest BCUT2D eigenvalue weighted by atomic mass is 16.2. The molecule has 6 heteroatoms. The monoisotopic (exact) mass is 352 g/mol. The van der Waals surface area contributed by atoms with Crippen LogP contribution in [0.5, 0.6) is 0 Å². The van der Waals surface area contributed by atoms with Crippen LogP contribution in [-0.2, 0) is 6.54 Å². The van der Waals surface area contributed by atoms with Gasteiger partial charge in [0.1, 0.15) is 5.82 Å². The first-order chi connectivity index (χ1) is 12.6. The molecule has 0 unspecified atom stereocenters. The zero-order valence-electron chi connectivity index (χ0n) is 15.2. The highest BCUT2D eigenvalue weighted by Gasteiger charge is 2.20. The third-order valence-electron chi connectivity index (χ3n) is 4.50. The number of carbonyl (C=O) groups excluding carboxylic acids is 2. The summed E-state index contributed by atoms with van der Waals surface area (Å²) < 4.78 is 0. The van der Waals surface area contributed by atoms with Gasteiger partial charge in [0, 0.05) is 45.5 Å².